The van der Waals surface area contributed by atoms with Gasteiger partial charge in [-0.25, -0.2) is 9.59 Å². The van der Waals surface area contributed by atoms with Crippen molar-refractivity contribution in [3.63, 3.8) is 0 Å². The number of rotatable bonds is 7. The van der Waals surface area contributed by atoms with Crippen LogP contribution in [0.5, 0.6) is 0 Å². The number of halogens is 1. The Labute approximate surface area is 309 Å². The van der Waals surface area contributed by atoms with Crippen LogP contribution >= 0.6 is 24.2 Å². The van der Waals surface area contributed by atoms with Crippen LogP contribution in [0.1, 0.15) is 58.6 Å². The molecule has 9 atom stereocenters. The zero-order valence-corrected chi connectivity index (χ0v) is 31.7. The number of hydrogen-bond donors (Lipinski definition) is 5. The fraction of sp³-hybridized carbons (Fsp3) is 0.611. The highest BCUT2D eigenvalue weighted by Gasteiger charge is 2.64. The maximum atomic E-state index is 14.1. The van der Waals surface area contributed by atoms with Crippen molar-refractivity contribution < 1.29 is 48.7 Å². The summed E-state index contributed by atoms with van der Waals surface area (Å²) in [6.07, 6.45) is 1.44. The van der Waals surface area contributed by atoms with Gasteiger partial charge in [-0.3, -0.25) is 14.9 Å². The van der Waals surface area contributed by atoms with Crippen molar-refractivity contribution in [3.8, 4) is 0 Å². The number of thiol groups is 1. The molecule has 0 radical (unpaired) electrons. The molecule has 0 spiro atoms. The second kappa shape index (κ2) is 16.3. The molecule has 2 fully saturated rings. The molecule has 0 aromatic heterocycles. The molecule has 13 nitrogen and oxygen atoms in total. The van der Waals surface area contributed by atoms with Gasteiger partial charge in [-0.15, -0.1) is 0 Å². The number of aliphatic hydroxyl groups excluding tert-OH is 2. The number of allylic oxidation sites excluding steroid dienone is 3. The standard InChI is InChI=1S/C36H50ClN3O10S/c1-19-9-8-10-25(17-42)36(47)15-27(48-34(46)38-36)21(3)31-35(5,50-31)28(49-33(45)22(4)39(6)32(44)20(2)18-51)14-29(43)40(7)26-13-23(11-19)12-24(16-41)30(26)37/h8-10,12-13,20-22,25,27-28,31,41-42,47,51H,11,14-18H2,1-7H3,(H,38,46)/b10-8+,19-9+/t20?,21-,22+,25+,27+,28+,31+,35+,36+/m1/s1. The van der Waals surface area contributed by atoms with E-state index in [4.69, 9.17) is 25.8 Å². The minimum absolute atomic E-state index is 0.0955. The Morgan fingerprint density at radius 1 is 1.25 bits per heavy atom. The molecule has 1 unspecified atom stereocenters. The molecule has 15 heteroatoms. The average molecular weight is 752 g/mol. The topological polar surface area (TPSA) is 178 Å². The van der Waals surface area contributed by atoms with Gasteiger partial charge in [0, 0.05) is 44.0 Å². The molecule has 51 heavy (non-hydrogen) atoms. The van der Waals surface area contributed by atoms with E-state index in [1.54, 1.807) is 51.1 Å². The number of carbonyl (C=O) groups excluding carboxylic acids is 4. The number of amides is 3. The number of alkyl carbamates (subject to hydrolysis) is 1. The third-order valence-electron chi connectivity index (χ3n) is 10.4. The largest absolute Gasteiger partial charge is 0.457 e. The highest BCUT2D eigenvalue weighted by atomic mass is 35.5. The minimum atomic E-state index is -1.86. The van der Waals surface area contributed by atoms with Crippen LogP contribution in [0.2, 0.25) is 5.02 Å². The van der Waals surface area contributed by atoms with Crippen LogP contribution in [0, 0.1) is 17.8 Å². The number of aliphatic hydroxyl groups is 3. The first-order valence-electron chi connectivity index (χ1n) is 17.0. The normalized spacial score (nSPS) is 32.7. The predicted molar refractivity (Wildman–Crippen MR) is 193 cm³/mol. The SMILES string of the molecule is C/C1=C\C=C\[C@@H](CO)[C@@]2(O)C[C@H](OC(=O)N2)[C@@H](C)[C@@H]2O[C@@]2(C)[C@@H](OC(=O)[C@H](C)N(C)C(=O)C(C)CS)CC(=O)N(C)c2cc(cc(CO)c2Cl)C1. The number of benzene rings is 1. The highest BCUT2D eigenvalue weighted by Crippen LogP contribution is 2.49. The average Bonchev–Trinajstić information content (AvgIpc) is 3.79. The van der Waals surface area contributed by atoms with E-state index in [9.17, 15) is 34.5 Å². The lowest BCUT2D eigenvalue weighted by molar-refractivity contribution is -0.162. The summed E-state index contributed by atoms with van der Waals surface area (Å²) in [4.78, 5) is 56.0. The van der Waals surface area contributed by atoms with Crippen LogP contribution in [-0.4, -0.2) is 106 Å². The van der Waals surface area contributed by atoms with Crippen molar-refractivity contribution in [2.75, 3.05) is 31.4 Å². The quantitative estimate of drug-likeness (QED) is 0.158. The number of likely N-dealkylation sites (N-methyl/N-ethyl adjacent to an activating group) is 1. The zero-order chi connectivity index (χ0) is 38.0. The Morgan fingerprint density at radius 2 is 1.94 bits per heavy atom. The van der Waals surface area contributed by atoms with E-state index in [-0.39, 0.29) is 36.1 Å². The molecular formula is C36H50ClN3O10S. The van der Waals surface area contributed by atoms with Crippen LogP contribution in [-0.2, 0) is 41.6 Å². The molecule has 0 saturated carbocycles. The first-order chi connectivity index (χ1) is 23.9. The summed E-state index contributed by atoms with van der Waals surface area (Å²) < 4.78 is 17.8. The van der Waals surface area contributed by atoms with E-state index in [0.717, 1.165) is 11.1 Å². The molecule has 2 saturated heterocycles. The molecular weight excluding hydrogens is 702 g/mol. The molecule has 1 aromatic carbocycles. The number of anilines is 1. The molecule has 4 N–H and O–H groups in total. The molecule has 3 heterocycles. The lowest BCUT2D eigenvalue weighted by Crippen LogP contribution is -2.62. The molecule has 3 amide bonds. The Balaban J connectivity index is 1.78. The van der Waals surface area contributed by atoms with Crippen LogP contribution in [0.15, 0.2) is 35.9 Å². The van der Waals surface area contributed by atoms with Crippen LogP contribution in [0.3, 0.4) is 0 Å². The summed E-state index contributed by atoms with van der Waals surface area (Å²) in [6, 6.07) is 2.48. The Morgan fingerprint density at radius 3 is 2.57 bits per heavy atom. The third kappa shape index (κ3) is 8.74. The zero-order valence-electron chi connectivity index (χ0n) is 30.1. The number of esters is 1. The number of carbonyl (C=O) groups is 4. The van der Waals surface area contributed by atoms with Crippen molar-refractivity contribution in [2.45, 2.75) is 96.2 Å². The molecule has 4 rings (SSSR count). The molecule has 3 aliphatic rings. The first kappa shape index (κ1) is 40.6. The number of fused-ring (bicyclic) bond motifs is 5. The third-order valence-corrected chi connectivity index (χ3v) is 11.4. The smallest absolute Gasteiger partial charge is 0.409 e. The van der Waals surface area contributed by atoms with Gasteiger partial charge < -0.3 is 39.3 Å². The van der Waals surface area contributed by atoms with Crippen molar-refractivity contribution in [2.24, 2.45) is 17.8 Å². The van der Waals surface area contributed by atoms with Gasteiger partial charge in [0.25, 0.3) is 0 Å². The van der Waals surface area contributed by atoms with Gasteiger partial charge >= 0.3 is 12.1 Å². The maximum Gasteiger partial charge on any atom is 0.409 e. The van der Waals surface area contributed by atoms with E-state index >= 15 is 0 Å². The van der Waals surface area contributed by atoms with E-state index in [1.165, 1.54) is 30.8 Å². The monoisotopic (exact) mass is 751 g/mol. The van der Waals surface area contributed by atoms with Gasteiger partial charge in [-0.1, -0.05) is 55.3 Å². The number of nitrogens with one attached hydrogen (secondary N) is 1. The number of nitrogens with zero attached hydrogens (tertiary/aromatic N) is 2. The maximum absolute atomic E-state index is 14.1. The summed E-state index contributed by atoms with van der Waals surface area (Å²) in [6.45, 7) is 7.70. The summed E-state index contributed by atoms with van der Waals surface area (Å²) in [5.74, 6) is -3.16. The fourth-order valence-electron chi connectivity index (χ4n) is 6.71. The first-order valence-corrected chi connectivity index (χ1v) is 18.0. The second-order valence-corrected chi connectivity index (χ2v) is 14.9. The number of ether oxygens (including phenoxy) is 3. The molecule has 0 aliphatic carbocycles. The van der Waals surface area contributed by atoms with Gasteiger partial charge in [0.2, 0.25) is 11.8 Å². The van der Waals surface area contributed by atoms with Crippen LogP contribution < -0.4 is 10.2 Å². The van der Waals surface area contributed by atoms with Crippen molar-refractivity contribution in [1.29, 1.82) is 0 Å². The van der Waals surface area contributed by atoms with Crippen molar-refractivity contribution in [3.05, 3.63) is 52.1 Å². The molecule has 3 aliphatic heterocycles. The van der Waals surface area contributed by atoms with E-state index < -0.39 is 78.0 Å². The number of hydrogen-bond acceptors (Lipinski definition) is 11. The lowest BCUT2D eigenvalue weighted by atomic mass is 9.81. The number of epoxide rings is 1. The molecule has 1 aromatic rings. The van der Waals surface area contributed by atoms with Gasteiger partial charge in [0.05, 0.1) is 36.4 Å². The Bertz CT molecular complexity index is 1570. The van der Waals surface area contributed by atoms with E-state index in [0.29, 0.717) is 17.7 Å². The van der Waals surface area contributed by atoms with Crippen molar-refractivity contribution in [1.82, 2.24) is 10.2 Å². The van der Waals surface area contributed by atoms with E-state index in [1.807, 2.05) is 6.92 Å². The van der Waals surface area contributed by atoms with Gasteiger partial charge in [-0.2, -0.15) is 12.6 Å². The minimum Gasteiger partial charge on any atom is -0.457 e. The fourth-order valence-corrected chi connectivity index (χ4v) is 7.16. The Hall–Kier alpha value is -3.14. The van der Waals surface area contributed by atoms with Crippen LogP contribution in [0.25, 0.3) is 0 Å². The summed E-state index contributed by atoms with van der Waals surface area (Å²) in [5.41, 5.74) is -0.729. The second-order valence-electron chi connectivity index (χ2n) is 14.2. The highest BCUT2D eigenvalue weighted by molar-refractivity contribution is 7.80. The van der Waals surface area contributed by atoms with Gasteiger partial charge in [0.1, 0.15) is 23.9 Å². The van der Waals surface area contributed by atoms with Crippen LogP contribution in [0.4, 0.5) is 10.5 Å². The molecule has 4 bridgehead atoms. The van der Waals surface area contributed by atoms with Gasteiger partial charge in [0.15, 0.2) is 5.72 Å². The summed E-state index contributed by atoms with van der Waals surface area (Å²) >= 11 is 10.9. The van der Waals surface area contributed by atoms with E-state index in [2.05, 4.69) is 17.9 Å². The predicted octanol–water partition coefficient (Wildman–Crippen LogP) is 3.16. The summed E-state index contributed by atoms with van der Waals surface area (Å²) in [7, 11) is 3.03. The molecule has 282 valence electrons. The van der Waals surface area contributed by atoms with Crippen molar-refractivity contribution >= 4 is 53.8 Å². The Kier molecular flexibility index (Phi) is 13.0. The van der Waals surface area contributed by atoms with Gasteiger partial charge in [-0.05, 0) is 44.4 Å². The lowest BCUT2D eigenvalue weighted by Gasteiger charge is -2.42. The summed E-state index contributed by atoms with van der Waals surface area (Å²) in [5, 5.41) is 34.7.